The maximum absolute atomic E-state index is 13.0. The summed E-state index contributed by atoms with van der Waals surface area (Å²) in [5.41, 5.74) is 0.879. The van der Waals surface area contributed by atoms with Crippen LogP contribution < -0.4 is 0 Å². The highest BCUT2D eigenvalue weighted by molar-refractivity contribution is 5.78. The Morgan fingerprint density at radius 3 is 3.00 bits per heavy atom. The molecule has 0 aromatic carbocycles. The third-order valence-electron chi connectivity index (χ3n) is 2.68. The highest BCUT2D eigenvalue weighted by Gasteiger charge is 2.18. The van der Waals surface area contributed by atoms with Gasteiger partial charge in [-0.3, -0.25) is 4.79 Å². The zero-order chi connectivity index (χ0) is 12.3. The van der Waals surface area contributed by atoms with Crippen LogP contribution in [0, 0.1) is 24.6 Å². The number of aromatic nitrogens is 1. The fourth-order valence-corrected chi connectivity index (χ4v) is 1.71. The van der Waals surface area contributed by atoms with Crippen LogP contribution in [-0.2, 0) is 4.79 Å². The Labute approximate surface area is 99.7 Å². The van der Waals surface area contributed by atoms with Crippen molar-refractivity contribution in [3.05, 3.63) is 29.3 Å². The van der Waals surface area contributed by atoms with Crippen LogP contribution in [0.2, 0.25) is 0 Å². The van der Waals surface area contributed by atoms with Crippen LogP contribution in [0.4, 0.5) is 4.39 Å². The van der Waals surface area contributed by atoms with Gasteiger partial charge in [-0.1, -0.05) is 5.92 Å². The van der Waals surface area contributed by atoms with E-state index < -0.39 is 0 Å². The third kappa shape index (κ3) is 2.82. The van der Waals surface area contributed by atoms with Gasteiger partial charge in [0.05, 0.1) is 12.2 Å². The van der Waals surface area contributed by atoms with Crippen molar-refractivity contribution in [1.29, 1.82) is 0 Å². The highest BCUT2D eigenvalue weighted by Crippen LogP contribution is 2.08. The lowest BCUT2D eigenvalue weighted by Gasteiger charge is -2.09. The number of hydrogen-bond donors (Lipinski definition) is 0. The lowest BCUT2D eigenvalue weighted by atomic mass is 10.3. The summed E-state index contributed by atoms with van der Waals surface area (Å²) in [6, 6.07) is 2.90. The van der Waals surface area contributed by atoms with Gasteiger partial charge in [-0.15, -0.1) is 0 Å². The normalized spacial score (nSPS) is 14.7. The molecule has 0 spiro atoms. The number of likely N-dealkylation sites (tertiary alicyclic amines) is 1. The van der Waals surface area contributed by atoms with Crippen molar-refractivity contribution in [3.63, 3.8) is 0 Å². The lowest BCUT2D eigenvalue weighted by Crippen LogP contribution is -2.24. The number of hydrogen-bond acceptors (Lipinski definition) is 2. The molecule has 1 amide bonds. The lowest BCUT2D eigenvalue weighted by molar-refractivity contribution is -0.127. The summed E-state index contributed by atoms with van der Waals surface area (Å²) in [5, 5.41) is 0. The van der Waals surface area contributed by atoms with E-state index in [0.717, 1.165) is 13.0 Å². The molecule has 1 aliphatic rings. The van der Waals surface area contributed by atoms with Crippen molar-refractivity contribution in [1.82, 2.24) is 9.88 Å². The van der Waals surface area contributed by atoms with Crippen LogP contribution in [0.3, 0.4) is 0 Å². The summed E-state index contributed by atoms with van der Waals surface area (Å²) in [6.07, 6.45) is 1.53. The maximum atomic E-state index is 13.0. The molecule has 0 aliphatic carbocycles. The van der Waals surface area contributed by atoms with Gasteiger partial charge >= 0.3 is 0 Å². The molecule has 3 nitrogen and oxygen atoms in total. The smallest absolute Gasteiger partial charge is 0.223 e. The molecule has 0 unspecified atom stereocenters. The molecule has 1 aromatic heterocycles. The predicted molar refractivity (Wildman–Crippen MR) is 61.6 cm³/mol. The summed E-state index contributed by atoms with van der Waals surface area (Å²) < 4.78 is 13.0. The van der Waals surface area contributed by atoms with E-state index in [0.29, 0.717) is 24.4 Å². The second-order valence-electron chi connectivity index (χ2n) is 3.98. The molecule has 17 heavy (non-hydrogen) atoms. The molecule has 0 N–H and O–H groups in total. The first-order chi connectivity index (χ1) is 8.16. The van der Waals surface area contributed by atoms with Crippen LogP contribution >= 0.6 is 0 Å². The number of carbonyl (C=O) groups is 1. The standard InChI is InChI=1S/C13H13FN2O/c1-10-12(14)7-6-11(15-10)4-2-8-16-9-3-5-13(16)17/h6-7H,3,5,8-9H2,1H3. The number of rotatable bonds is 1. The molecule has 0 bridgehead atoms. The van der Waals surface area contributed by atoms with Crippen molar-refractivity contribution >= 4 is 5.91 Å². The van der Waals surface area contributed by atoms with Gasteiger partial charge in [0.1, 0.15) is 11.5 Å². The molecule has 0 atom stereocenters. The zero-order valence-electron chi connectivity index (χ0n) is 9.66. The number of pyridine rings is 1. The Morgan fingerprint density at radius 1 is 1.53 bits per heavy atom. The molecule has 4 heteroatoms. The monoisotopic (exact) mass is 232 g/mol. The van der Waals surface area contributed by atoms with Gasteiger partial charge in [-0.25, -0.2) is 9.37 Å². The number of amides is 1. The van der Waals surface area contributed by atoms with Gasteiger partial charge in [0.25, 0.3) is 0 Å². The Morgan fingerprint density at radius 2 is 2.35 bits per heavy atom. The Bertz CT molecular complexity index is 502. The number of halogens is 1. The summed E-state index contributed by atoms with van der Waals surface area (Å²) in [5.74, 6) is 5.56. The van der Waals surface area contributed by atoms with E-state index in [1.54, 1.807) is 17.9 Å². The number of carbonyl (C=O) groups excluding carboxylic acids is 1. The molecule has 2 heterocycles. The topological polar surface area (TPSA) is 33.2 Å². The summed E-state index contributed by atoms with van der Waals surface area (Å²) >= 11 is 0. The Balaban J connectivity index is 2.01. The van der Waals surface area contributed by atoms with E-state index in [1.807, 2.05) is 0 Å². The van der Waals surface area contributed by atoms with E-state index in [2.05, 4.69) is 16.8 Å². The molecule has 1 saturated heterocycles. The van der Waals surface area contributed by atoms with E-state index in [4.69, 9.17) is 0 Å². The van der Waals surface area contributed by atoms with Crippen molar-refractivity contribution in [3.8, 4) is 11.8 Å². The SMILES string of the molecule is Cc1nc(C#CCN2CCCC2=O)ccc1F. The van der Waals surface area contributed by atoms with Crippen LogP contribution in [0.15, 0.2) is 12.1 Å². The predicted octanol–water partition coefficient (Wildman–Crippen LogP) is 1.50. The third-order valence-corrected chi connectivity index (χ3v) is 2.68. The van der Waals surface area contributed by atoms with Crippen LogP contribution in [0.5, 0.6) is 0 Å². The minimum atomic E-state index is -0.328. The minimum absolute atomic E-state index is 0.155. The fourth-order valence-electron chi connectivity index (χ4n) is 1.71. The van der Waals surface area contributed by atoms with Crippen LogP contribution in [0.1, 0.15) is 24.2 Å². The van der Waals surface area contributed by atoms with Gasteiger partial charge in [-0.05, 0) is 31.4 Å². The number of nitrogens with zero attached hydrogens (tertiary/aromatic N) is 2. The second kappa shape index (κ2) is 4.96. The van der Waals surface area contributed by atoms with E-state index in [-0.39, 0.29) is 11.7 Å². The van der Waals surface area contributed by atoms with Crippen molar-refractivity contribution in [2.75, 3.05) is 13.1 Å². The Kier molecular flexibility index (Phi) is 3.38. The fraction of sp³-hybridized carbons (Fsp3) is 0.385. The zero-order valence-corrected chi connectivity index (χ0v) is 9.66. The van der Waals surface area contributed by atoms with E-state index in [1.165, 1.54) is 6.07 Å². The molecule has 2 rings (SSSR count). The first-order valence-corrected chi connectivity index (χ1v) is 5.56. The van der Waals surface area contributed by atoms with Gasteiger partial charge < -0.3 is 4.90 Å². The first kappa shape index (κ1) is 11.6. The van der Waals surface area contributed by atoms with Crippen molar-refractivity contribution < 1.29 is 9.18 Å². The molecule has 0 saturated carbocycles. The van der Waals surface area contributed by atoms with Gasteiger partial charge in [0.15, 0.2) is 0 Å². The summed E-state index contributed by atoms with van der Waals surface area (Å²) in [4.78, 5) is 17.0. The molecular weight excluding hydrogens is 219 g/mol. The maximum Gasteiger partial charge on any atom is 0.223 e. The van der Waals surface area contributed by atoms with E-state index >= 15 is 0 Å². The largest absolute Gasteiger partial charge is 0.332 e. The molecule has 0 radical (unpaired) electrons. The van der Waals surface area contributed by atoms with Gasteiger partial charge in [0.2, 0.25) is 5.91 Å². The van der Waals surface area contributed by atoms with Crippen LogP contribution in [0.25, 0.3) is 0 Å². The second-order valence-corrected chi connectivity index (χ2v) is 3.98. The molecule has 1 aromatic rings. The minimum Gasteiger partial charge on any atom is -0.332 e. The average Bonchev–Trinajstić information content (AvgIpc) is 2.70. The average molecular weight is 232 g/mol. The number of aryl methyl sites for hydroxylation is 1. The van der Waals surface area contributed by atoms with Crippen molar-refractivity contribution in [2.45, 2.75) is 19.8 Å². The van der Waals surface area contributed by atoms with Gasteiger partial charge in [0, 0.05) is 13.0 Å². The van der Waals surface area contributed by atoms with Crippen molar-refractivity contribution in [2.24, 2.45) is 0 Å². The molecule has 1 aliphatic heterocycles. The van der Waals surface area contributed by atoms with E-state index in [9.17, 15) is 9.18 Å². The summed E-state index contributed by atoms with van der Waals surface area (Å²) in [7, 11) is 0. The molecule has 1 fully saturated rings. The quantitative estimate of drug-likeness (QED) is 0.687. The molecular formula is C13H13FN2O. The van der Waals surface area contributed by atoms with Gasteiger partial charge in [-0.2, -0.15) is 0 Å². The first-order valence-electron chi connectivity index (χ1n) is 5.56. The Hall–Kier alpha value is -1.89. The summed E-state index contributed by atoms with van der Waals surface area (Å²) in [6.45, 7) is 2.81. The highest BCUT2D eigenvalue weighted by atomic mass is 19.1. The molecule has 88 valence electrons. The van der Waals surface area contributed by atoms with Crippen LogP contribution in [-0.4, -0.2) is 28.9 Å².